The average Bonchev–Trinajstić information content (AvgIpc) is 3.23. The number of aliphatic hydroxyl groups excluding tert-OH is 15. The largest absolute Gasteiger partial charge is 0.394 e. The highest BCUT2D eigenvalue weighted by Gasteiger charge is 2.56. The molecular weight excluding hydrogens is 852 g/mol. The minimum absolute atomic E-state index is 0.693. The molecule has 0 aromatic rings. The molecule has 0 radical (unpaired) electrons. The van der Waals surface area contributed by atoms with Gasteiger partial charge in [-0.1, -0.05) is 0 Å². The van der Waals surface area contributed by atoms with Crippen molar-refractivity contribution in [3.63, 3.8) is 0 Å². The molecule has 0 spiro atoms. The fraction of sp³-hybridized carbons (Fsp3) is 0.941. The van der Waals surface area contributed by atoms with Crippen LogP contribution < -0.4 is 10.6 Å². The van der Waals surface area contributed by atoms with Gasteiger partial charge in [0.2, 0.25) is 11.8 Å². The van der Waals surface area contributed by atoms with Gasteiger partial charge in [-0.15, -0.1) is 0 Å². The molecule has 17 N–H and O–H groups in total. The Balaban J connectivity index is 1.41. The van der Waals surface area contributed by atoms with E-state index in [2.05, 4.69) is 10.6 Å². The van der Waals surface area contributed by atoms with Crippen molar-refractivity contribution < 1.29 is 129 Å². The minimum Gasteiger partial charge on any atom is -0.394 e. The maximum Gasteiger partial charge on any atom is 0.217 e. The van der Waals surface area contributed by atoms with Gasteiger partial charge >= 0.3 is 0 Å². The molecule has 0 saturated carbocycles. The number of carbonyl (C=O) groups excluding carboxylic acids is 2. The smallest absolute Gasteiger partial charge is 0.217 e. The lowest BCUT2D eigenvalue weighted by Crippen LogP contribution is -2.70. The van der Waals surface area contributed by atoms with Crippen molar-refractivity contribution in [1.29, 1.82) is 0 Å². The third kappa shape index (κ3) is 11.0. The molecule has 0 aliphatic carbocycles. The number of ether oxygens (including phenoxy) is 9. The molecule has 360 valence electrons. The normalized spacial score (nSPS) is 49.0. The Kier molecular flexibility index (Phi) is 18.1. The maximum absolute atomic E-state index is 12.4. The van der Waals surface area contributed by atoms with Gasteiger partial charge in [0, 0.05) is 13.8 Å². The molecule has 0 aromatic carbocycles. The summed E-state index contributed by atoms with van der Waals surface area (Å²) in [5.41, 5.74) is 0. The Morgan fingerprint density at radius 3 is 1.35 bits per heavy atom. The van der Waals surface area contributed by atoms with E-state index in [4.69, 9.17) is 42.6 Å². The van der Waals surface area contributed by atoms with Crippen molar-refractivity contribution in [1.82, 2.24) is 10.6 Å². The number of hydrogen-bond acceptors (Lipinski definition) is 26. The van der Waals surface area contributed by atoms with Crippen molar-refractivity contribution in [2.45, 2.75) is 167 Å². The zero-order chi connectivity index (χ0) is 45.9. The summed E-state index contributed by atoms with van der Waals surface area (Å²) in [5.74, 6) is -1.49. The predicted octanol–water partition coefficient (Wildman–Crippen LogP) is -11.6. The van der Waals surface area contributed by atoms with Crippen LogP contribution in [-0.4, -0.2) is 275 Å². The standard InChI is InChI=1S/C34H58N2O26/c1-8(41)35-15-20(46)27(12(5-39)55-30(15)53)60-31-16(36-9(2)42)21(47)28(13(6-40)58-31)61-34-26(52)29(62-33-25(51)23(49)18(44)11(4-38)57-33)19(45)14(59-34)7-54-32-24(50)22(48)17(43)10(3-37)56-32/h10-34,37-40,43-53H,3-7H2,1-2H3,(H,35,41)(H,36,42)/t10-,11-,12-,13-,14-,15-,16-,17-,18-,19-,20-,21-,22+,23+,24+,25+,26+,27-,28-,29+,30+,31+,32+,33-,34+/m1/s1. The van der Waals surface area contributed by atoms with Gasteiger partial charge in [-0.3, -0.25) is 9.59 Å². The lowest BCUT2D eigenvalue weighted by Gasteiger charge is -2.50. The maximum atomic E-state index is 12.4. The summed E-state index contributed by atoms with van der Waals surface area (Å²) in [6, 6.07) is -3.19. The van der Waals surface area contributed by atoms with E-state index in [9.17, 15) is 86.2 Å². The second kappa shape index (κ2) is 22.0. The number of nitrogens with one attached hydrogen (secondary N) is 2. The van der Waals surface area contributed by atoms with Gasteiger partial charge in [-0.05, 0) is 0 Å². The van der Waals surface area contributed by atoms with Crippen LogP contribution in [0.1, 0.15) is 13.8 Å². The first-order chi connectivity index (χ1) is 29.3. The molecule has 0 aromatic heterocycles. The van der Waals surface area contributed by atoms with Crippen molar-refractivity contribution in [2.75, 3.05) is 33.0 Å². The van der Waals surface area contributed by atoms with Gasteiger partial charge in [0.15, 0.2) is 31.5 Å². The molecule has 2 amide bonds. The molecule has 62 heavy (non-hydrogen) atoms. The van der Waals surface area contributed by atoms with Crippen LogP contribution in [0.2, 0.25) is 0 Å². The van der Waals surface area contributed by atoms with Gasteiger partial charge in [0.25, 0.3) is 0 Å². The van der Waals surface area contributed by atoms with Crippen molar-refractivity contribution >= 4 is 11.8 Å². The monoisotopic (exact) mass is 910 g/mol. The lowest BCUT2D eigenvalue weighted by molar-refractivity contribution is -0.384. The highest BCUT2D eigenvalue weighted by Crippen LogP contribution is 2.35. The number of hydrogen-bond donors (Lipinski definition) is 17. The molecule has 28 heteroatoms. The molecule has 0 bridgehead atoms. The second-order valence-corrected chi connectivity index (χ2v) is 15.5. The Bertz CT molecular complexity index is 1440. The van der Waals surface area contributed by atoms with Crippen molar-refractivity contribution in [3.05, 3.63) is 0 Å². The predicted molar refractivity (Wildman–Crippen MR) is 190 cm³/mol. The minimum atomic E-state index is -2.18. The van der Waals surface area contributed by atoms with Crippen LogP contribution in [0.25, 0.3) is 0 Å². The number of amides is 2. The SMILES string of the molecule is CC(=O)N[C@@H]1[C@@H](O)[C@H](O[C@@H]2O[C@H](CO)[C@@H](O[C@@H]3O[C@H](CO[C@H]4O[C@H](CO)[C@@H](O)[C@H](O)[C@@H]4O)[C@@H](O)[C@H](O[C@H]4O[C@H](CO)[C@@H](O)[C@H](O)[C@@H]4O)[C@@H]3O)[C@H](O)[C@H]2NC(C)=O)[C@@H](CO)O[C@@H]1O. The molecule has 5 aliphatic rings. The van der Waals surface area contributed by atoms with Crippen LogP contribution in [0, 0.1) is 0 Å². The summed E-state index contributed by atoms with van der Waals surface area (Å²) in [7, 11) is 0. The summed E-state index contributed by atoms with van der Waals surface area (Å²) in [5, 5.41) is 163. The van der Waals surface area contributed by atoms with Gasteiger partial charge < -0.3 is 130 Å². The zero-order valence-corrected chi connectivity index (χ0v) is 33.2. The summed E-state index contributed by atoms with van der Waals surface area (Å²) in [6.07, 6.45) is -42.3. The molecule has 5 fully saturated rings. The second-order valence-electron chi connectivity index (χ2n) is 15.5. The molecule has 5 saturated heterocycles. The van der Waals surface area contributed by atoms with Crippen molar-refractivity contribution in [3.8, 4) is 0 Å². The molecule has 25 atom stereocenters. The Morgan fingerprint density at radius 1 is 0.419 bits per heavy atom. The van der Waals surface area contributed by atoms with E-state index in [0.29, 0.717) is 0 Å². The fourth-order valence-electron chi connectivity index (χ4n) is 7.73. The van der Waals surface area contributed by atoms with E-state index in [0.717, 1.165) is 13.8 Å². The van der Waals surface area contributed by atoms with Crippen LogP contribution >= 0.6 is 0 Å². The molecule has 5 heterocycles. The Labute approximate surface area is 351 Å². The van der Waals surface area contributed by atoms with Crippen LogP contribution in [-0.2, 0) is 52.2 Å². The fourth-order valence-corrected chi connectivity index (χ4v) is 7.73. The van der Waals surface area contributed by atoms with Gasteiger partial charge in [0.05, 0.1) is 33.0 Å². The highest BCUT2D eigenvalue weighted by atomic mass is 16.8. The van der Waals surface area contributed by atoms with E-state index in [1.165, 1.54) is 0 Å². The molecule has 5 rings (SSSR count). The average molecular weight is 911 g/mol. The summed E-state index contributed by atoms with van der Waals surface area (Å²) in [4.78, 5) is 24.2. The van der Waals surface area contributed by atoms with E-state index in [1.807, 2.05) is 0 Å². The van der Waals surface area contributed by atoms with E-state index in [1.54, 1.807) is 0 Å². The van der Waals surface area contributed by atoms with E-state index in [-0.39, 0.29) is 0 Å². The Morgan fingerprint density at radius 2 is 0.823 bits per heavy atom. The summed E-state index contributed by atoms with van der Waals surface area (Å²) >= 11 is 0. The van der Waals surface area contributed by atoms with Crippen LogP contribution in [0.4, 0.5) is 0 Å². The first kappa shape index (κ1) is 51.0. The van der Waals surface area contributed by atoms with Crippen LogP contribution in [0.3, 0.4) is 0 Å². The first-order valence-electron chi connectivity index (χ1n) is 19.6. The van der Waals surface area contributed by atoms with Gasteiger partial charge in [-0.25, -0.2) is 0 Å². The quantitative estimate of drug-likeness (QED) is 0.0725. The van der Waals surface area contributed by atoms with Crippen LogP contribution in [0.15, 0.2) is 0 Å². The van der Waals surface area contributed by atoms with Gasteiger partial charge in [0.1, 0.15) is 122 Å². The third-order valence-electron chi connectivity index (χ3n) is 11.1. The lowest BCUT2D eigenvalue weighted by atomic mass is 9.94. The molecular formula is C34H58N2O26. The summed E-state index contributed by atoms with van der Waals surface area (Å²) < 4.78 is 50.8. The molecule has 5 aliphatic heterocycles. The highest BCUT2D eigenvalue weighted by molar-refractivity contribution is 5.73. The Hall–Kier alpha value is -2.02. The number of aliphatic hydroxyl groups is 15. The summed E-state index contributed by atoms with van der Waals surface area (Å²) in [6.45, 7) is -2.31. The number of rotatable bonds is 15. The van der Waals surface area contributed by atoms with Crippen LogP contribution in [0.5, 0.6) is 0 Å². The number of carbonyl (C=O) groups is 2. The third-order valence-corrected chi connectivity index (χ3v) is 11.1. The van der Waals surface area contributed by atoms with E-state index < -0.39 is 198 Å². The van der Waals surface area contributed by atoms with E-state index >= 15 is 0 Å². The van der Waals surface area contributed by atoms with Gasteiger partial charge in [-0.2, -0.15) is 0 Å². The van der Waals surface area contributed by atoms with Crippen molar-refractivity contribution in [2.24, 2.45) is 0 Å². The molecule has 0 unspecified atom stereocenters. The first-order valence-corrected chi connectivity index (χ1v) is 19.6. The molecule has 28 nitrogen and oxygen atoms in total. The topological polar surface area (TPSA) is 445 Å². The zero-order valence-electron chi connectivity index (χ0n) is 33.2.